The van der Waals surface area contributed by atoms with Crippen molar-refractivity contribution in [1.82, 2.24) is 10.6 Å². The summed E-state index contributed by atoms with van der Waals surface area (Å²) in [6, 6.07) is 10.8. The molecule has 120 valence electrons. The highest BCUT2D eigenvalue weighted by Crippen LogP contribution is 2.29. The van der Waals surface area contributed by atoms with Gasteiger partial charge in [-0.2, -0.15) is 0 Å². The number of fused-ring (bicyclic) bond motifs is 1. The highest BCUT2D eigenvalue weighted by atomic mass is 16.3. The highest BCUT2D eigenvalue weighted by Gasteiger charge is 2.24. The van der Waals surface area contributed by atoms with Crippen LogP contribution in [0.3, 0.4) is 0 Å². The van der Waals surface area contributed by atoms with E-state index in [2.05, 4.69) is 22.8 Å². The molecular weight excluding hydrogens is 292 g/mol. The van der Waals surface area contributed by atoms with Gasteiger partial charge in [0.15, 0.2) is 5.76 Å². The minimum absolute atomic E-state index is 0.00964. The third kappa shape index (κ3) is 3.44. The van der Waals surface area contributed by atoms with Crippen LogP contribution < -0.4 is 10.6 Å². The monoisotopic (exact) mass is 312 g/mol. The van der Waals surface area contributed by atoms with Crippen molar-refractivity contribution in [3.05, 3.63) is 59.5 Å². The molecule has 0 fully saturated rings. The highest BCUT2D eigenvalue weighted by molar-refractivity contribution is 5.95. The van der Waals surface area contributed by atoms with E-state index in [1.807, 2.05) is 12.1 Å². The molecule has 23 heavy (non-hydrogen) atoms. The van der Waals surface area contributed by atoms with Crippen LogP contribution in [-0.2, 0) is 11.2 Å². The van der Waals surface area contributed by atoms with Crippen molar-refractivity contribution in [2.45, 2.75) is 38.3 Å². The lowest BCUT2D eigenvalue weighted by Gasteiger charge is -2.27. The van der Waals surface area contributed by atoms with Crippen molar-refractivity contribution in [3.8, 4) is 0 Å². The van der Waals surface area contributed by atoms with Gasteiger partial charge in [0, 0.05) is 0 Å². The first-order valence-electron chi connectivity index (χ1n) is 7.87. The van der Waals surface area contributed by atoms with Crippen LogP contribution in [0.5, 0.6) is 0 Å². The smallest absolute Gasteiger partial charge is 0.287 e. The van der Waals surface area contributed by atoms with E-state index in [4.69, 9.17) is 4.42 Å². The lowest BCUT2D eigenvalue weighted by Crippen LogP contribution is -2.46. The summed E-state index contributed by atoms with van der Waals surface area (Å²) < 4.78 is 5.03. The minimum atomic E-state index is -0.623. The number of hydrogen-bond acceptors (Lipinski definition) is 3. The molecule has 0 saturated carbocycles. The first kappa shape index (κ1) is 15.3. The van der Waals surface area contributed by atoms with E-state index < -0.39 is 6.04 Å². The van der Waals surface area contributed by atoms with Gasteiger partial charge in [-0.25, -0.2) is 0 Å². The van der Waals surface area contributed by atoms with Gasteiger partial charge in [-0.3, -0.25) is 9.59 Å². The van der Waals surface area contributed by atoms with Crippen LogP contribution in [0.1, 0.15) is 47.5 Å². The second-order valence-electron chi connectivity index (χ2n) is 5.82. The van der Waals surface area contributed by atoms with E-state index >= 15 is 0 Å². The Kier molecular flexibility index (Phi) is 4.46. The number of carbonyl (C=O) groups is 2. The van der Waals surface area contributed by atoms with Gasteiger partial charge in [-0.1, -0.05) is 24.3 Å². The lowest BCUT2D eigenvalue weighted by molar-refractivity contribution is -0.123. The van der Waals surface area contributed by atoms with Crippen LogP contribution in [0.15, 0.2) is 47.1 Å². The summed E-state index contributed by atoms with van der Waals surface area (Å²) in [4.78, 5) is 24.3. The molecular formula is C18H20N2O3. The van der Waals surface area contributed by atoms with Crippen LogP contribution in [-0.4, -0.2) is 17.9 Å². The quantitative estimate of drug-likeness (QED) is 0.911. The number of furan rings is 1. The number of benzene rings is 1. The summed E-state index contributed by atoms with van der Waals surface area (Å²) in [5, 5.41) is 5.69. The molecule has 0 bridgehead atoms. The van der Waals surface area contributed by atoms with Crippen molar-refractivity contribution in [2.75, 3.05) is 0 Å². The van der Waals surface area contributed by atoms with Gasteiger partial charge in [-0.15, -0.1) is 0 Å². The molecule has 3 rings (SSSR count). The molecule has 1 aromatic carbocycles. The predicted molar refractivity (Wildman–Crippen MR) is 85.9 cm³/mol. The normalized spacial score (nSPS) is 17.9. The van der Waals surface area contributed by atoms with Gasteiger partial charge >= 0.3 is 0 Å². The molecule has 2 amide bonds. The zero-order valence-electron chi connectivity index (χ0n) is 13.0. The van der Waals surface area contributed by atoms with Gasteiger partial charge in [0.05, 0.1) is 12.3 Å². The fraction of sp³-hybridized carbons (Fsp3) is 0.333. The maximum atomic E-state index is 12.4. The molecule has 1 aromatic heterocycles. The van der Waals surface area contributed by atoms with Gasteiger partial charge in [-0.05, 0) is 49.4 Å². The van der Waals surface area contributed by atoms with Crippen molar-refractivity contribution in [3.63, 3.8) is 0 Å². The molecule has 2 aromatic rings. The van der Waals surface area contributed by atoms with E-state index in [-0.39, 0.29) is 23.6 Å². The van der Waals surface area contributed by atoms with E-state index in [0.29, 0.717) is 0 Å². The largest absolute Gasteiger partial charge is 0.459 e. The molecule has 1 heterocycles. The standard InChI is InChI=1S/C18H20N2O3/c1-12(19-18(22)16-10-5-11-23-16)17(21)20-15-9-4-7-13-6-2-3-8-14(13)15/h2-3,5-6,8,10-12,15H,4,7,9H2,1H3,(H,19,22)(H,20,21)/t12-,15?/m1/s1. The fourth-order valence-electron chi connectivity index (χ4n) is 2.94. The SMILES string of the molecule is C[C@@H](NC(=O)c1ccco1)C(=O)NC1CCCc2ccccc21. The second-order valence-corrected chi connectivity index (χ2v) is 5.82. The minimum Gasteiger partial charge on any atom is -0.459 e. The third-order valence-electron chi connectivity index (χ3n) is 4.17. The summed E-state index contributed by atoms with van der Waals surface area (Å²) in [6.45, 7) is 1.67. The molecule has 1 aliphatic rings. The summed E-state index contributed by atoms with van der Waals surface area (Å²) in [5.74, 6) is -0.374. The van der Waals surface area contributed by atoms with Gasteiger partial charge in [0.2, 0.25) is 5.91 Å². The molecule has 0 aliphatic heterocycles. The van der Waals surface area contributed by atoms with Crippen LogP contribution >= 0.6 is 0 Å². The first-order valence-corrected chi connectivity index (χ1v) is 7.87. The van der Waals surface area contributed by atoms with Gasteiger partial charge < -0.3 is 15.1 Å². The first-order chi connectivity index (χ1) is 11.1. The number of carbonyl (C=O) groups excluding carboxylic acids is 2. The molecule has 0 radical (unpaired) electrons. The number of amides is 2. The molecule has 0 saturated heterocycles. The van der Waals surface area contributed by atoms with Crippen molar-refractivity contribution in [1.29, 1.82) is 0 Å². The number of nitrogens with one attached hydrogen (secondary N) is 2. The lowest BCUT2D eigenvalue weighted by atomic mass is 9.87. The Morgan fingerprint density at radius 2 is 2.04 bits per heavy atom. The topological polar surface area (TPSA) is 71.3 Å². The van der Waals surface area contributed by atoms with Crippen LogP contribution in [0, 0.1) is 0 Å². The Labute approximate surface area is 135 Å². The zero-order valence-corrected chi connectivity index (χ0v) is 13.0. The van der Waals surface area contributed by atoms with Gasteiger partial charge in [0.1, 0.15) is 6.04 Å². The van der Waals surface area contributed by atoms with Crippen molar-refractivity contribution >= 4 is 11.8 Å². The van der Waals surface area contributed by atoms with E-state index in [0.717, 1.165) is 19.3 Å². The van der Waals surface area contributed by atoms with Gasteiger partial charge in [0.25, 0.3) is 5.91 Å². The second kappa shape index (κ2) is 6.69. The Hall–Kier alpha value is -2.56. The molecule has 2 N–H and O–H groups in total. The van der Waals surface area contributed by atoms with Crippen molar-refractivity contribution < 1.29 is 14.0 Å². The number of rotatable bonds is 4. The summed E-state index contributed by atoms with van der Waals surface area (Å²) in [7, 11) is 0. The molecule has 1 aliphatic carbocycles. The van der Waals surface area contributed by atoms with E-state index in [1.54, 1.807) is 19.1 Å². The average molecular weight is 312 g/mol. The molecule has 5 heteroatoms. The number of aryl methyl sites for hydroxylation is 1. The Morgan fingerprint density at radius 3 is 2.83 bits per heavy atom. The Balaban J connectivity index is 1.62. The van der Waals surface area contributed by atoms with E-state index in [1.165, 1.54) is 17.4 Å². The van der Waals surface area contributed by atoms with Crippen LogP contribution in [0.4, 0.5) is 0 Å². The van der Waals surface area contributed by atoms with Crippen molar-refractivity contribution in [2.24, 2.45) is 0 Å². The Bertz CT molecular complexity index is 694. The molecule has 5 nitrogen and oxygen atoms in total. The summed E-state index contributed by atoms with van der Waals surface area (Å²) in [5.41, 5.74) is 2.47. The maximum Gasteiger partial charge on any atom is 0.287 e. The molecule has 1 unspecified atom stereocenters. The molecule has 0 spiro atoms. The van der Waals surface area contributed by atoms with Crippen LogP contribution in [0.25, 0.3) is 0 Å². The predicted octanol–water partition coefficient (Wildman–Crippen LogP) is 2.59. The summed E-state index contributed by atoms with van der Waals surface area (Å²) >= 11 is 0. The van der Waals surface area contributed by atoms with E-state index in [9.17, 15) is 9.59 Å². The maximum absolute atomic E-state index is 12.4. The third-order valence-corrected chi connectivity index (χ3v) is 4.17. The Morgan fingerprint density at radius 1 is 1.22 bits per heavy atom. The zero-order chi connectivity index (χ0) is 16.2. The molecule has 2 atom stereocenters. The van der Waals surface area contributed by atoms with Crippen LogP contribution in [0.2, 0.25) is 0 Å². The average Bonchev–Trinajstić information content (AvgIpc) is 3.09. The fourth-order valence-corrected chi connectivity index (χ4v) is 2.94. The number of hydrogen-bond donors (Lipinski definition) is 2. The summed E-state index contributed by atoms with van der Waals surface area (Å²) in [6.07, 6.45) is 4.45.